The van der Waals surface area contributed by atoms with Gasteiger partial charge >= 0.3 is 5.97 Å². The zero-order valence-corrected chi connectivity index (χ0v) is 17.8. The van der Waals surface area contributed by atoms with Crippen molar-refractivity contribution in [2.45, 2.75) is 32.2 Å². The Bertz CT molecular complexity index is 937. The van der Waals surface area contributed by atoms with E-state index in [0.29, 0.717) is 28.4 Å². The van der Waals surface area contributed by atoms with Crippen molar-refractivity contribution in [2.24, 2.45) is 5.92 Å². The number of hydrogen-bond donors (Lipinski definition) is 2. The summed E-state index contributed by atoms with van der Waals surface area (Å²) in [4.78, 5) is 27.4. The number of halogens is 1. The first kappa shape index (κ1) is 20.6. The molecule has 0 atom stereocenters. The Morgan fingerprint density at radius 1 is 1.37 bits per heavy atom. The van der Waals surface area contributed by atoms with Crippen LogP contribution in [0.2, 0.25) is 5.02 Å². The van der Waals surface area contributed by atoms with Crippen LogP contribution in [0.3, 0.4) is 0 Å². The van der Waals surface area contributed by atoms with Crippen LogP contribution in [-0.4, -0.2) is 53.3 Å². The van der Waals surface area contributed by atoms with Gasteiger partial charge in [0.15, 0.2) is 12.5 Å². The average molecular weight is 433 g/mol. The first-order valence-corrected chi connectivity index (χ1v) is 10.4. The molecule has 1 aliphatic carbocycles. The quantitative estimate of drug-likeness (QED) is 0.504. The summed E-state index contributed by atoms with van der Waals surface area (Å²) in [7, 11) is 3.67. The maximum absolute atomic E-state index is 11.9. The molecule has 10 heteroatoms. The largest absolute Gasteiger partial charge is 0.480 e. The molecule has 0 aromatic carbocycles. The Morgan fingerprint density at radius 3 is 2.93 bits per heavy atom. The third-order valence-electron chi connectivity index (χ3n) is 5.40. The number of carbonyl (C=O) groups excluding carboxylic acids is 1. The number of likely N-dealkylation sites (N-methyl/N-ethyl adjacent to an activating group) is 1. The third-order valence-corrected chi connectivity index (χ3v) is 5.68. The Balaban J connectivity index is 1.46. The van der Waals surface area contributed by atoms with Gasteiger partial charge in [-0.2, -0.15) is 4.98 Å². The second kappa shape index (κ2) is 9.01. The fourth-order valence-electron chi connectivity index (χ4n) is 3.45. The molecular formula is C20H25ClN6O3. The van der Waals surface area contributed by atoms with E-state index in [1.54, 1.807) is 7.11 Å². The van der Waals surface area contributed by atoms with Crippen LogP contribution in [0.15, 0.2) is 12.3 Å². The molecule has 1 aliphatic heterocycles. The van der Waals surface area contributed by atoms with E-state index in [1.807, 2.05) is 6.07 Å². The molecule has 0 saturated heterocycles. The summed E-state index contributed by atoms with van der Waals surface area (Å²) in [6, 6.07) is 2.02. The molecule has 0 radical (unpaired) electrons. The first-order valence-electron chi connectivity index (χ1n) is 9.99. The normalized spacial score (nSPS) is 16.4. The van der Waals surface area contributed by atoms with E-state index in [0.717, 1.165) is 50.0 Å². The smallest absolute Gasteiger partial charge is 0.310 e. The molecule has 0 bridgehead atoms. The van der Waals surface area contributed by atoms with E-state index in [-0.39, 0.29) is 18.6 Å². The highest BCUT2D eigenvalue weighted by Crippen LogP contribution is 2.31. The molecule has 1 saturated carbocycles. The molecule has 3 heterocycles. The highest BCUT2D eigenvalue weighted by molar-refractivity contribution is 6.32. The van der Waals surface area contributed by atoms with Crippen molar-refractivity contribution >= 4 is 35.0 Å². The zero-order chi connectivity index (χ0) is 21.1. The van der Waals surface area contributed by atoms with Crippen LogP contribution in [0, 0.1) is 5.92 Å². The summed E-state index contributed by atoms with van der Waals surface area (Å²) in [5.74, 6) is 1.03. The monoisotopic (exact) mass is 432 g/mol. The number of rotatable bonds is 7. The molecule has 2 aromatic heterocycles. The maximum atomic E-state index is 11.9. The summed E-state index contributed by atoms with van der Waals surface area (Å²) in [5.41, 5.74) is 2.86. The van der Waals surface area contributed by atoms with Crippen molar-refractivity contribution in [3.63, 3.8) is 0 Å². The van der Waals surface area contributed by atoms with Gasteiger partial charge in [-0.15, -0.1) is 0 Å². The molecule has 160 valence electrons. The van der Waals surface area contributed by atoms with E-state index >= 15 is 0 Å². The highest BCUT2D eigenvalue weighted by Gasteiger charge is 2.26. The second-order valence-electron chi connectivity index (χ2n) is 7.57. The Kier molecular flexibility index (Phi) is 6.19. The predicted molar refractivity (Wildman–Crippen MR) is 113 cm³/mol. The number of hydrogen-bond acceptors (Lipinski definition) is 9. The standard InChI is InChI=1S/C20H25ClN6O3/c1-27-7-6-15-13(10-27)8-16(18(24-15)29-2)25-20-22-9-14(21)17(26-20)23-11-30-19(28)12-4-3-5-12/h8-9,12H,3-7,10-11H2,1-2H3,(H2,22,23,25,26). The van der Waals surface area contributed by atoms with Crippen molar-refractivity contribution < 1.29 is 14.3 Å². The van der Waals surface area contributed by atoms with Gasteiger partial charge in [-0.25, -0.2) is 9.97 Å². The van der Waals surface area contributed by atoms with E-state index in [4.69, 9.17) is 21.1 Å². The summed E-state index contributed by atoms with van der Waals surface area (Å²) < 4.78 is 10.7. The number of carbonyl (C=O) groups is 1. The summed E-state index contributed by atoms with van der Waals surface area (Å²) in [6.07, 6.45) is 5.24. The molecule has 2 aromatic rings. The molecule has 0 unspecified atom stereocenters. The number of aromatic nitrogens is 3. The predicted octanol–water partition coefficient (Wildman–Crippen LogP) is 2.98. The van der Waals surface area contributed by atoms with Gasteiger partial charge in [0.25, 0.3) is 0 Å². The fourth-order valence-corrected chi connectivity index (χ4v) is 3.61. The van der Waals surface area contributed by atoms with Crippen molar-refractivity contribution in [3.05, 3.63) is 28.5 Å². The lowest BCUT2D eigenvalue weighted by Crippen LogP contribution is -2.27. The highest BCUT2D eigenvalue weighted by atomic mass is 35.5. The Labute approximate surface area is 180 Å². The lowest BCUT2D eigenvalue weighted by atomic mass is 9.86. The molecule has 1 fully saturated rings. The Morgan fingerprint density at radius 2 is 2.20 bits per heavy atom. The second-order valence-corrected chi connectivity index (χ2v) is 7.97. The van der Waals surface area contributed by atoms with Crippen molar-refractivity contribution in [3.8, 4) is 5.88 Å². The number of pyridine rings is 1. The number of methoxy groups -OCH3 is 1. The number of nitrogens with one attached hydrogen (secondary N) is 2. The van der Waals surface area contributed by atoms with Crippen LogP contribution in [0.1, 0.15) is 30.5 Å². The molecule has 30 heavy (non-hydrogen) atoms. The molecule has 2 aliphatic rings. The maximum Gasteiger partial charge on any atom is 0.310 e. The topological polar surface area (TPSA) is 102 Å². The van der Waals surface area contributed by atoms with Gasteiger partial charge in [-0.1, -0.05) is 18.0 Å². The average Bonchev–Trinajstić information content (AvgIpc) is 2.68. The van der Waals surface area contributed by atoms with E-state index in [9.17, 15) is 4.79 Å². The molecule has 2 N–H and O–H groups in total. The van der Waals surface area contributed by atoms with Gasteiger partial charge in [0, 0.05) is 19.5 Å². The summed E-state index contributed by atoms with van der Waals surface area (Å²) in [5, 5.41) is 6.43. The molecule has 0 spiro atoms. The van der Waals surface area contributed by atoms with Gasteiger partial charge < -0.3 is 25.0 Å². The van der Waals surface area contributed by atoms with Crippen LogP contribution in [0.4, 0.5) is 17.5 Å². The van der Waals surface area contributed by atoms with Gasteiger partial charge in [0.05, 0.1) is 24.9 Å². The van der Waals surface area contributed by atoms with Crippen LogP contribution in [-0.2, 0) is 22.5 Å². The van der Waals surface area contributed by atoms with Crippen molar-refractivity contribution in [1.82, 2.24) is 19.9 Å². The fraction of sp³-hybridized carbons (Fsp3) is 0.500. The molecule has 0 amide bonds. The number of nitrogens with zero attached hydrogens (tertiary/aromatic N) is 4. The van der Waals surface area contributed by atoms with Crippen LogP contribution < -0.4 is 15.4 Å². The minimum Gasteiger partial charge on any atom is -0.480 e. The number of fused-ring (bicyclic) bond motifs is 1. The van der Waals surface area contributed by atoms with E-state index < -0.39 is 0 Å². The van der Waals surface area contributed by atoms with Crippen LogP contribution >= 0.6 is 11.6 Å². The number of ether oxygens (including phenoxy) is 2. The first-order chi connectivity index (χ1) is 14.5. The molecule has 9 nitrogen and oxygen atoms in total. The Hall–Kier alpha value is -2.65. The third kappa shape index (κ3) is 4.57. The SMILES string of the molecule is COc1nc2c(cc1Nc1ncc(Cl)c(NCOC(=O)C3CCC3)n1)CN(C)CC2. The van der Waals surface area contributed by atoms with Crippen molar-refractivity contribution in [2.75, 3.05) is 38.1 Å². The van der Waals surface area contributed by atoms with Gasteiger partial charge in [-0.05, 0) is 31.5 Å². The molecule has 4 rings (SSSR count). The lowest BCUT2D eigenvalue weighted by molar-refractivity contribution is -0.150. The zero-order valence-electron chi connectivity index (χ0n) is 17.1. The van der Waals surface area contributed by atoms with Crippen LogP contribution in [0.25, 0.3) is 0 Å². The van der Waals surface area contributed by atoms with Gasteiger partial charge in [0.1, 0.15) is 10.7 Å². The van der Waals surface area contributed by atoms with Crippen molar-refractivity contribution in [1.29, 1.82) is 0 Å². The summed E-state index contributed by atoms with van der Waals surface area (Å²) >= 11 is 6.19. The van der Waals surface area contributed by atoms with Gasteiger partial charge in [0.2, 0.25) is 11.8 Å². The lowest BCUT2D eigenvalue weighted by Gasteiger charge is -2.25. The molecular weight excluding hydrogens is 408 g/mol. The van der Waals surface area contributed by atoms with E-state index in [1.165, 1.54) is 6.20 Å². The minimum atomic E-state index is -0.188. The van der Waals surface area contributed by atoms with Crippen LogP contribution in [0.5, 0.6) is 5.88 Å². The number of esters is 1. The summed E-state index contributed by atoms with van der Waals surface area (Å²) in [6.45, 7) is 1.79. The number of anilines is 3. The van der Waals surface area contributed by atoms with Gasteiger partial charge in [-0.3, -0.25) is 4.79 Å². The van der Waals surface area contributed by atoms with E-state index in [2.05, 4.69) is 37.5 Å². The minimum absolute atomic E-state index is 0.00155.